The summed E-state index contributed by atoms with van der Waals surface area (Å²) in [6.45, 7) is 0. The van der Waals surface area contributed by atoms with E-state index >= 15 is 0 Å². The van der Waals surface area contributed by atoms with Crippen LogP contribution in [0.25, 0.3) is 11.1 Å². The number of hydrogen-bond donors (Lipinski definition) is 0. The smallest absolute Gasteiger partial charge is 0.150 e. The molecule has 0 aliphatic carbocycles. The highest BCUT2D eigenvalue weighted by Crippen LogP contribution is 2.33. The van der Waals surface area contributed by atoms with Crippen LogP contribution in [0.3, 0.4) is 0 Å². The molecule has 93 valence electrons. The van der Waals surface area contributed by atoms with Gasteiger partial charge in [0, 0.05) is 17.7 Å². The van der Waals surface area contributed by atoms with Gasteiger partial charge in [0.15, 0.2) is 0 Å². The molecule has 0 bridgehead atoms. The molecule has 0 fully saturated rings. The minimum absolute atomic E-state index is 0.0331. The quantitative estimate of drug-likeness (QED) is 0.836. The average molecular weight is 266 g/mol. The van der Waals surface area contributed by atoms with Crippen molar-refractivity contribution in [2.75, 3.05) is 14.2 Å². The molecule has 0 atom stereocenters. The zero-order valence-corrected chi connectivity index (χ0v) is 10.7. The second-order valence-corrected chi connectivity index (χ2v) is 4.00. The van der Waals surface area contributed by atoms with Gasteiger partial charge in [0.25, 0.3) is 0 Å². The minimum Gasteiger partial charge on any atom is -0.497 e. The van der Waals surface area contributed by atoms with Gasteiger partial charge in [-0.2, -0.15) is 0 Å². The Morgan fingerprint density at radius 2 is 1.72 bits per heavy atom. The molecule has 1 radical (unpaired) electrons. The van der Waals surface area contributed by atoms with E-state index in [1.807, 2.05) is 0 Å². The maximum atomic E-state index is 13.9. The van der Waals surface area contributed by atoms with E-state index in [1.54, 1.807) is 44.6 Å². The van der Waals surface area contributed by atoms with Crippen LogP contribution in [0.2, 0.25) is 5.02 Å². The van der Waals surface area contributed by atoms with Gasteiger partial charge in [0.05, 0.1) is 19.2 Å². The molecule has 0 amide bonds. The summed E-state index contributed by atoms with van der Waals surface area (Å²) in [6.07, 6.45) is 0. The number of methoxy groups -OCH3 is 2. The summed E-state index contributed by atoms with van der Waals surface area (Å²) in [7, 11) is 3.08. The van der Waals surface area contributed by atoms with E-state index in [2.05, 4.69) is 6.07 Å². The summed E-state index contributed by atoms with van der Waals surface area (Å²) >= 11 is 5.72. The van der Waals surface area contributed by atoms with E-state index in [-0.39, 0.29) is 5.02 Å². The third-order valence-corrected chi connectivity index (χ3v) is 2.83. The Kier molecular flexibility index (Phi) is 3.72. The predicted molar refractivity (Wildman–Crippen MR) is 68.8 cm³/mol. The van der Waals surface area contributed by atoms with Gasteiger partial charge in [0.1, 0.15) is 17.3 Å². The first-order valence-electron chi connectivity index (χ1n) is 5.25. The molecule has 0 aliphatic heterocycles. The molecular formula is C14H11ClFO2. The van der Waals surface area contributed by atoms with E-state index in [0.29, 0.717) is 22.6 Å². The normalized spacial score (nSPS) is 10.2. The van der Waals surface area contributed by atoms with Crippen LogP contribution in [0.4, 0.5) is 4.39 Å². The van der Waals surface area contributed by atoms with E-state index in [4.69, 9.17) is 21.1 Å². The second-order valence-electron chi connectivity index (χ2n) is 3.62. The van der Waals surface area contributed by atoms with E-state index in [0.717, 1.165) is 0 Å². The Hall–Kier alpha value is -1.74. The Balaban J connectivity index is 2.59. The first-order valence-corrected chi connectivity index (χ1v) is 5.62. The second kappa shape index (κ2) is 5.27. The van der Waals surface area contributed by atoms with Crippen LogP contribution >= 0.6 is 11.6 Å². The van der Waals surface area contributed by atoms with Crippen molar-refractivity contribution in [3.05, 3.63) is 47.2 Å². The van der Waals surface area contributed by atoms with Gasteiger partial charge in [-0.05, 0) is 17.7 Å². The molecule has 0 spiro atoms. The average Bonchev–Trinajstić information content (AvgIpc) is 2.41. The minimum atomic E-state index is -0.505. The van der Waals surface area contributed by atoms with Gasteiger partial charge in [-0.25, -0.2) is 4.39 Å². The number of rotatable bonds is 3. The van der Waals surface area contributed by atoms with Gasteiger partial charge in [-0.3, -0.25) is 0 Å². The largest absolute Gasteiger partial charge is 0.497 e. The lowest BCUT2D eigenvalue weighted by atomic mass is 10.0. The fourth-order valence-electron chi connectivity index (χ4n) is 1.64. The lowest BCUT2D eigenvalue weighted by molar-refractivity contribution is 0.394. The SMILES string of the molecule is COc1cc(OC)cc(-c2cc[c]c(Cl)c2F)c1. The van der Waals surface area contributed by atoms with Gasteiger partial charge < -0.3 is 9.47 Å². The Bertz CT molecular complexity index is 547. The molecule has 2 aromatic carbocycles. The maximum absolute atomic E-state index is 13.9. The molecule has 2 rings (SSSR count). The molecule has 2 aromatic rings. The van der Waals surface area contributed by atoms with Crippen LogP contribution in [-0.4, -0.2) is 14.2 Å². The monoisotopic (exact) mass is 265 g/mol. The van der Waals surface area contributed by atoms with Crippen LogP contribution in [0.15, 0.2) is 30.3 Å². The van der Waals surface area contributed by atoms with Crippen molar-refractivity contribution < 1.29 is 13.9 Å². The van der Waals surface area contributed by atoms with Gasteiger partial charge in [-0.1, -0.05) is 23.7 Å². The zero-order valence-electron chi connectivity index (χ0n) is 9.96. The van der Waals surface area contributed by atoms with Crippen LogP contribution < -0.4 is 9.47 Å². The lowest BCUT2D eigenvalue weighted by Crippen LogP contribution is -1.91. The molecule has 2 nitrogen and oxygen atoms in total. The third-order valence-electron chi connectivity index (χ3n) is 2.55. The topological polar surface area (TPSA) is 18.5 Å². The van der Waals surface area contributed by atoms with E-state index in [1.165, 1.54) is 0 Å². The molecule has 0 N–H and O–H groups in total. The van der Waals surface area contributed by atoms with Crippen LogP contribution in [-0.2, 0) is 0 Å². The summed E-state index contributed by atoms with van der Waals surface area (Å²) in [4.78, 5) is 0. The van der Waals surface area contributed by atoms with Crippen LogP contribution in [0.1, 0.15) is 0 Å². The highest BCUT2D eigenvalue weighted by atomic mass is 35.5. The van der Waals surface area contributed by atoms with E-state index < -0.39 is 5.82 Å². The maximum Gasteiger partial charge on any atom is 0.150 e. The third kappa shape index (κ3) is 2.41. The van der Waals surface area contributed by atoms with Crippen molar-refractivity contribution in [1.82, 2.24) is 0 Å². The van der Waals surface area contributed by atoms with Crippen molar-refractivity contribution in [3.8, 4) is 22.6 Å². The van der Waals surface area contributed by atoms with E-state index in [9.17, 15) is 4.39 Å². The molecular weight excluding hydrogens is 255 g/mol. The molecule has 18 heavy (non-hydrogen) atoms. The molecule has 0 unspecified atom stereocenters. The van der Waals surface area contributed by atoms with Gasteiger partial charge >= 0.3 is 0 Å². The first kappa shape index (κ1) is 12.7. The van der Waals surface area contributed by atoms with Crippen molar-refractivity contribution >= 4 is 11.6 Å². The van der Waals surface area contributed by atoms with Crippen molar-refractivity contribution in [3.63, 3.8) is 0 Å². The number of ether oxygens (including phenoxy) is 2. The molecule has 0 saturated carbocycles. The van der Waals surface area contributed by atoms with Crippen molar-refractivity contribution in [1.29, 1.82) is 0 Å². The molecule has 0 aromatic heterocycles. The van der Waals surface area contributed by atoms with Crippen LogP contribution in [0, 0.1) is 11.9 Å². The highest BCUT2D eigenvalue weighted by molar-refractivity contribution is 6.30. The fourth-order valence-corrected chi connectivity index (χ4v) is 1.80. The molecule has 0 heterocycles. The molecule has 0 aliphatic rings. The van der Waals surface area contributed by atoms with Gasteiger partial charge in [0.2, 0.25) is 0 Å². The predicted octanol–water partition coefficient (Wildman–Crippen LogP) is 3.96. The van der Waals surface area contributed by atoms with Crippen LogP contribution in [0.5, 0.6) is 11.5 Å². The standard InChI is InChI=1S/C14H11ClFO2/c1-17-10-6-9(7-11(8-10)18-2)12-4-3-5-13(15)14(12)16/h3-4,6-8H,1-2H3. The summed E-state index contributed by atoms with van der Waals surface area (Å²) in [5, 5.41) is -0.0331. The summed E-state index contributed by atoms with van der Waals surface area (Å²) in [5.41, 5.74) is 1.02. The lowest BCUT2D eigenvalue weighted by Gasteiger charge is -2.09. The first-order chi connectivity index (χ1) is 8.65. The summed E-state index contributed by atoms with van der Waals surface area (Å²) in [5.74, 6) is 0.676. The highest BCUT2D eigenvalue weighted by Gasteiger charge is 2.11. The van der Waals surface area contributed by atoms with Crippen molar-refractivity contribution in [2.45, 2.75) is 0 Å². The summed E-state index contributed by atoms with van der Waals surface area (Å²) < 4.78 is 24.2. The fraction of sp³-hybridized carbons (Fsp3) is 0.143. The Morgan fingerprint density at radius 3 is 2.28 bits per heavy atom. The Labute approximate surface area is 110 Å². The number of hydrogen-bond acceptors (Lipinski definition) is 2. The molecule has 0 saturated heterocycles. The molecule has 4 heteroatoms. The van der Waals surface area contributed by atoms with Crippen molar-refractivity contribution in [2.24, 2.45) is 0 Å². The zero-order chi connectivity index (χ0) is 13.1. The van der Waals surface area contributed by atoms with Gasteiger partial charge in [-0.15, -0.1) is 0 Å². The number of benzene rings is 2. The summed E-state index contributed by atoms with van der Waals surface area (Å²) in [6, 6.07) is 10.9. The number of halogens is 2. The Morgan fingerprint density at radius 1 is 1.11 bits per heavy atom.